The molecular formula is C13H17ClF2O. The third-order valence-electron chi connectivity index (χ3n) is 2.92. The van der Waals surface area contributed by atoms with Crippen LogP contribution in [0.5, 0.6) is 5.75 Å². The number of hydrogen-bond donors (Lipinski definition) is 0. The fourth-order valence-electron chi connectivity index (χ4n) is 1.79. The zero-order valence-electron chi connectivity index (χ0n) is 10.7. The van der Waals surface area contributed by atoms with Gasteiger partial charge in [-0.1, -0.05) is 25.4 Å². The Morgan fingerprint density at radius 3 is 2.24 bits per heavy atom. The van der Waals surface area contributed by atoms with E-state index in [4.69, 9.17) is 16.3 Å². The fourth-order valence-corrected chi connectivity index (χ4v) is 1.94. The summed E-state index contributed by atoms with van der Waals surface area (Å²) in [7, 11) is 1.39. The molecule has 0 aliphatic carbocycles. The molecule has 17 heavy (non-hydrogen) atoms. The van der Waals surface area contributed by atoms with E-state index in [1.165, 1.54) is 21.0 Å². The van der Waals surface area contributed by atoms with E-state index in [0.717, 1.165) is 5.56 Å². The Labute approximate surface area is 106 Å². The maximum absolute atomic E-state index is 14.2. The van der Waals surface area contributed by atoms with Gasteiger partial charge in [-0.2, -0.15) is 0 Å². The third kappa shape index (κ3) is 2.39. The second kappa shape index (κ2) is 4.81. The molecule has 0 heterocycles. The van der Waals surface area contributed by atoms with Crippen LogP contribution in [0, 0.1) is 19.8 Å². The summed E-state index contributed by atoms with van der Waals surface area (Å²) in [6, 6.07) is 1.56. The molecule has 0 N–H and O–H groups in total. The molecule has 1 aromatic rings. The molecule has 0 bridgehead atoms. The molecule has 0 aliphatic rings. The number of aryl methyl sites for hydroxylation is 1. The molecule has 0 fully saturated rings. The number of alkyl halides is 2. The first-order valence-electron chi connectivity index (χ1n) is 5.45. The smallest absolute Gasteiger partial charge is 0.279 e. The summed E-state index contributed by atoms with van der Waals surface area (Å²) in [5.41, 5.74) is 1.03. The Bertz CT molecular complexity index is 428. The number of benzene rings is 1. The highest BCUT2D eigenvalue weighted by molar-refractivity contribution is 6.32. The standard InChI is InChI=1S/C13H17ClF2O/c1-7(2)13(15,16)11-9(4)12(14)8(3)6-10(11)17-5/h6-7H,1-5H3. The van der Waals surface area contributed by atoms with E-state index in [1.807, 2.05) is 0 Å². The zero-order valence-corrected chi connectivity index (χ0v) is 11.5. The topological polar surface area (TPSA) is 9.23 Å². The van der Waals surface area contributed by atoms with Gasteiger partial charge in [0.25, 0.3) is 5.92 Å². The van der Waals surface area contributed by atoms with Crippen LogP contribution in [-0.2, 0) is 5.92 Å². The normalized spacial score (nSPS) is 12.1. The summed E-state index contributed by atoms with van der Waals surface area (Å²) in [5.74, 6) is -3.57. The minimum absolute atomic E-state index is 0.106. The SMILES string of the molecule is COc1cc(C)c(Cl)c(C)c1C(F)(F)C(C)C. The van der Waals surface area contributed by atoms with Crippen LogP contribution in [0.25, 0.3) is 0 Å². The van der Waals surface area contributed by atoms with Crippen molar-refractivity contribution >= 4 is 11.6 Å². The van der Waals surface area contributed by atoms with Crippen molar-refractivity contribution in [3.05, 3.63) is 27.8 Å². The summed E-state index contributed by atoms with van der Waals surface area (Å²) in [6.45, 7) is 6.33. The molecule has 0 atom stereocenters. The Kier molecular flexibility index (Phi) is 4.03. The van der Waals surface area contributed by atoms with Crippen molar-refractivity contribution in [2.45, 2.75) is 33.6 Å². The van der Waals surface area contributed by atoms with Crippen LogP contribution in [0.3, 0.4) is 0 Å². The lowest BCUT2D eigenvalue weighted by molar-refractivity contribution is -0.0536. The van der Waals surface area contributed by atoms with Crippen LogP contribution in [0.15, 0.2) is 6.07 Å². The quantitative estimate of drug-likeness (QED) is 0.766. The maximum Gasteiger partial charge on any atom is 0.279 e. The summed E-state index contributed by atoms with van der Waals surface area (Å²) in [6.07, 6.45) is 0. The van der Waals surface area contributed by atoms with Crippen molar-refractivity contribution in [1.82, 2.24) is 0 Å². The highest BCUT2D eigenvalue weighted by atomic mass is 35.5. The van der Waals surface area contributed by atoms with Crippen LogP contribution in [0.2, 0.25) is 5.02 Å². The molecule has 1 nitrogen and oxygen atoms in total. The van der Waals surface area contributed by atoms with Crippen LogP contribution in [0.1, 0.15) is 30.5 Å². The molecule has 0 aromatic heterocycles. The predicted octanol–water partition coefficient (Wildman–Crippen LogP) is 4.71. The largest absolute Gasteiger partial charge is 0.496 e. The molecular weight excluding hydrogens is 246 g/mol. The Hall–Kier alpha value is -0.830. The molecule has 0 radical (unpaired) electrons. The second-order valence-electron chi connectivity index (χ2n) is 4.49. The van der Waals surface area contributed by atoms with E-state index >= 15 is 0 Å². The monoisotopic (exact) mass is 262 g/mol. The van der Waals surface area contributed by atoms with Gasteiger partial charge in [0.1, 0.15) is 5.75 Å². The van der Waals surface area contributed by atoms with E-state index < -0.39 is 11.8 Å². The minimum atomic E-state index is -2.95. The van der Waals surface area contributed by atoms with Crippen molar-refractivity contribution in [2.24, 2.45) is 5.92 Å². The second-order valence-corrected chi connectivity index (χ2v) is 4.87. The van der Waals surface area contributed by atoms with Crippen molar-refractivity contribution in [3.8, 4) is 5.75 Å². The highest BCUT2D eigenvalue weighted by Gasteiger charge is 2.40. The van der Waals surface area contributed by atoms with Gasteiger partial charge >= 0.3 is 0 Å². The van der Waals surface area contributed by atoms with Crippen LogP contribution in [0.4, 0.5) is 8.78 Å². The summed E-state index contributed by atoms with van der Waals surface area (Å²) >= 11 is 6.03. The van der Waals surface area contributed by atoms with Gasteiger partial charge in [0.05, 0.1) is 12.7 Å². The molecule has 1 aromatic carbocycles. The summed E-state index contributed by atoms with van der Waals surface area (Å²) < 4.78 is 33.4. The molecule has 0 saturated carbocycles. The van der Waals surface area contributed by atoms with Gasteiger partial charge in [-0.15, -0.1) is 0 Å². The molecule has 1 rings (SSSR count). The van der Waals surface area contributed by atoms with Crippen LogP contribution in [-0.4, -0.2) is 7.11 Å². The lowest BCUT2D eigenvalue weighted by Crippen LogP contribution is -2.23. The molecule has 0 aliphatic heterocycles. The average molecular weight is 263 g/mol. The van der Waals surface area contributed by atoms with Crippen molar-refractivity contribution in [3.63, 3.8) is 0 Å². The molecule has 96 valence electrons. The first kappa shape index (κ1) is 14.2. The lowest BCUT2D eigenvalue weighted by atomic mass is 9.92. The van der Waals surface area contributed by atoms with Crippen LogP contribution >= 0.6 is 11.6 Å². The number of halogens is 3. The Morgan fingerprint density at radius 1 is 1.29 bits per heavy atom. The lowest BCUT2D eigenvalue weighted by Gasteiger charge is -2.26. The van der Waals surface area contributed by atoms with Crippen LogP contribution < -0.4 is 4.74 Å². The first-order valence-corrected chi connectivity index (χ1v) is 5.83. The number of hydrogen-bond acceptors (Lipinski definition) is 1. The number of methoxy groups -OCH3 is 1. The van der Waals surface area contributed by atoms with E-state index in [2.05, 4.69) is 0 Å². The predicted molar refractivity (Wildman–Crippen MR) is 66.2 cm³/mol. The first-order chi connectivity index (χ1) is 7.73. The molecule has 0 unspecified atom stereocenters. The minimum Gasteiger partial charge on any atom is -0.496 e. The van der Waals surface area contributed by atoms with E-state index in [0.29, 0.717) is 10.6 Å². The molecule has 0 saturated heterocycles. The van der Waals surface area contributed by atoms with E-state index in [9.17, 15) is 8.78 Å². The third-order valence-corrected chi connectivity index (χ3v) is 3.50. The highest BCUT2D eigenvalue weighted by Crippen LogP contribution is 2.45. The maximum atomic E-state index is 14.2. The zero-order chi connectivity index (χ0) is 13.4. The number of ether oxygens (including phenoxy) is 1. The van der Waals surface area contributed by atoms with Gasteiger partial charge in [0, 0.05) is 10.9 Å². The molecule has 4 heteroatoms. The van der Waals surface area contributed by atoms with Gasteiger partial charge in [0.2, 0.25) is 0 Å². The molecule has 0 amide bonds. The van der Waals surface area contributed by atoms with Gasteiger partial charge in [-0.25, -0.2) is 8.78 Å². The average Bonchev–Trinajstić information content (AvgIpc) is 2.24. The van der Waals surface area contributed by atoms with Gasteiger partial charge in [-0.05, 0) is 31.0 Å². The van der Waals surface area contributed by atoms with Gasteiger partial charge in [0.15, 0.2) is 0 Å². The van der Waals surface area contributed by atoms with Gasteiger partial charge in [-0.3, -0.25) is 0 Å². The Morgan fingerprint density at radius 2 is 1.82 bits per heavy atom. The van der Waals surface area contributed by atoms with E-state index in [1.54, 1.807) is 19.9 Å². The van der Waals surface area contributed by atoms with Gasteiger partial charge < -0.3 is 4.74 Å². The fraction of sp³-hybridized carbons (Fsp3) is 0.538. The van der Waals surface area contributed by atoms with Crippen molar-refractivity contribution < 1.29 is 13.5 Å². The molecule has 0 spiro atoms. The van der Waals surface area contributed by atoms with Crippen molar-refractivity contribution in [2.75, 3.05) is 7.11 Å². The number of rotatable bonds is 3. The summed E-state index contributed by atoms with van der Waals surface area (Å²) in [5, 5.41) is 0.376. The Balaban J connectivity index is 3.57. The van der Waals surface area contributed by atoms with E-state index in [-0.39, 0.29) is 11.3 Å². The summed E-state index contributed by atoms with van der Waals surface area (Å²) in [4.78, 5) is 0. The van der Waals surface area contributed by atoms with Crippen molar-refractivity contribution in [1.29, 1.82) is 0 Å².